The minimum atomic E-state index is -3.42. The van der Waals surface area contributed by atoms with Crippen molar-refractivity contribution >= 4 is 31.5 Å². The van der Waals surface area contributed by atoms with Crippen molar-refractivity contribution < 1.29 is 12.8 Å². The molecule has 4 nitrogen and oxygen atoms in total. The highest BCUT2D eigenvalue weighted by Gasteiger charge is 2.20. The number of hydrogen-bond donors (Lipinski definition) is 1. The zero-order valence-corrected chi connectivity index (χ0v) is 12.3. The average Bonchev–Trinajstić information content (AvgIpc) is 2.31. The Labute approximate surface area is 114 Å². The summed E-state index contributed by atoms with van der Waals surface area (Å²) in [5, 5.41) is 3.18. The van der Waals surface area contributed by atoms with Crippen LogP contribution in [0.15, 0.2) is 21.5 Å². The van der Waals surface area contributed by atoms with Crippen molar-refractivity contribution in [1.29, 1.82) is 0 Å². The molecule has 1 aliphatic heterocycles. The highest BCUT2D eigenvalue weighted by Crippen LogP contribution is 2.30. The van der Waals surface area contributed by atoms with E-state index in [9.17, 15) is 12.8 Å². The van der Waals surface area contributed by atoms with Crippen LogP contribution in [0.1, 0.15) is 0 Å². The van der Waals surface area contributed by atoms with Gasteiger partial charge in [-0.25, -0.2) is 12.8 Å². The number of nitrogens with zero attached hydrogens (tertiary/aromatic N) is 1. The molecule has 1 aliphatic rings. The molecule has 0 saturated carbocycles. The number of halogens is 2. The Kier molecular flexibility index (Phi) is 3.93. The first-order valence-electron chi connectivity index (χ1n) is 5.54. The third-order valence-electron chi connectivity index (χ3n) is 2.86. The van der Waals surface area contributed by atoms with Crippen LogP contribution in [0, 0.1) is 5.82 Å². The zero-order chi connectivity index (χ0) is 13.3. The standard InChI is InChI=1S/C11H14BrFN2O2S/c1-18(16,17)11-7-9(13)10(6-8(11)12)15-4-2-14-3-5-15/h6-7,14H,2-5H2,1H3. The van der Waals surface area contributed by atoms with Crippen molar-refractivity contribution in [2.75, 3.05) is 37.3 Å². The van der Waals surface area contributed by atoms with E-state index in [-0.39, 0.29) is 4.90 Å². The monoisotopic (exact) mass is 336 g/mol. The number of rotatable bonds is 2. The van der Waals surface area contributed by atoms with Gasteiger partial charge in [-0.3, -0.25) is 0 Å². The van der Waals surface area contributed by atoms with Gasteiger partial charge >= 0.3 is 0 Å². The van der Waals surface area contributed by atoms with Gasteiger partial charge in [0.2, 0.25) is 0 Å². The lowest BCUT2D eigenvalue weighted by Crippen LogP contribution is -2.43. The second-order valence-electron chi connectivity index (χ2n) is 4.24. The predicted molar refractivity (Wildman–Crippen MR) is 72.3 cm³/mol. The van der Waals surface area contributed by atoms with Gasteiger partial charge in [-0.2, -0.15) is 0 Å². The summed E-state index contributed by atoms with van der Waals surface area (Å²) in [4.78, 5) is 1.89. The van der Waals surface area contributed by atoms with E-state index in [2.05, 4.69) is 21.2 Å². The van der Waals surface area contributed by atoms with Crippen LogP contribution in [-0.2, 0) is 9.84 Å². The molecule has 2 rings (SSSR count). The summed E-state index contributed by atoms with van der Waals surface area (Å²) in [7, 11) is -3.42. The van der Waals surface area contributed by atoms with E-state index in [1.54, 1.807) is 0 Å². The summed E-state index contributed by atoms with van der Waals surface area (Å²) in [6.45, 7) is 3.01. The lowest BCUT2D eigenvalue weighted by atomic mass is 10.2. The molecule has 1 fully saturated rings. The van der Waals surface area contributed by atoms with Gasteiger partial charge in [-0.05, 0) is 28.1 Å². The highest BCUT2D eigenvalue weighted by atomic mass is 79.9. The van der Waals surface area contributed by atoms with Crippen molar-refractivity contribution in [1.82, 2.24) is 5.32 Å². The normalized spacial score (nSPS) is 16.9. The molecular weight excluding hydrogens is 323 g/mol. The van der Waals surface area contributed by atoms with Crippen molar-refractivity contribution in [2.24, 2.45) is 0 Å². The Bertz CT molecular complexity index is 556. The van der Waals surface area contributed by atoms with E-state index in [0.29, 0.717) is 23.2 Å². The minimum absolute atomic E-state index is 0.0149. The fourth-order valence-electron chi connectivity index (χ4n) is 1.95. The molecule has 1 aromatic rings. The maximum Gasteiger partial charge on any atom is 0.176 e. The number of benzene rings is 1. The van der Waals surface area contributed by atoms with Crippen molar-refractivity contribution in [3.63, 3.8) is 0 Å². The van der Waals surface area contributed by atoms with Crippen LogP contribution < -0.4 is 10.2 Å². The molecule has 1 aromatic carbocycles. The topological polar surface area (TPSA) is 49.4 Å². The van der Waals surface area contributed by atoms with Crippen LogP contribution in [0.3, 0.4) is 0 Å². The van der Waals surface area contributed by atoms with Gasteiger partial charge in [0.05, 0.1) is 10.6 Å². The van der Waals surface area contributed by atoms with E-state index in [0.717, 1.165) is 25.4 Å². The van der Waals surface area contributed by atoms with E-state index in [1.165, 1.54) is 6.07 Å². The zero-order valence-electron chi connectivity index (χ0n) is 9.91. The Morgan fingerprint density at radius 1 is 1.33 bits per heavy atom. The molecule has 0 aliphatic carbocycles. The minimum Gasteiger partial charge on any atom is -0.367 e. The van der Waals surface area contributed by atoms with Crippen LogP contribution >= 0.6 is 15.9 Å². The van der Waals surface area contributed by atoms with Gasteiger partial charge in [0.25, 0.3) is 0 Å². The maximum atomic E-state index is 14.0. The van der Waals surface area contributed by atoms with Gasteiger partial charge in [0.15, 0.2) is 9.84 Å². The molecule has 0 spiro atoms. The smallest absolute Gasteiger partial charge is 0.176 e. The Morgan fingerprint density at radius 2 is 1.94 bits per heavy atom. The Morgan fingerprint density at radius 3 is 2.50 bits per heavy atom. The third kappa shape index (κ3) is 2.84. The number of hydrogen-bond acceptors (Lipinski definition) is 4. The lowest BCUT2D eigenvalue weighted by molar-refractivity contribution is 0.563. The number of sulfone groups is 1. The predicted octanol–water partition coefficient (Wildman–Crippen LogP) is 1.40. The molecule has 0 atom stereocenters. The molecule has 7 heteroatoms. The first-order chi connectivity index (χ1) is 8.39. The van der Waals surface area contributed by atoms with E-state index in [4.69, 9.17) is 0 Å². The highest BCUT2D eigenvalue weighted by molar-refractivity contribution is 9.10. The molecule has 0 bridgehead atoms. The molecule has 1 heterocycles. The molecular formula is C11H14BrFN2O2S. The molecule has 100 valence electrons. The molecule has 0 unspecified atom stereocenters. The summed E-state index contributed by atoms with van der Waals surface area (Å²) in [5.74, 6) is -0.500. The molecule has 0 radical (unpaired) electrons. The largest absolute Gasteiger partial charge is 0.367 e. The van der Waals surface area contributed by atoms with Crippen molar-refractivity contribution in [3.05, 3.63) is 22.4 Å². The van der Waals surface area contributed by atoms with Gasteiger partial charge in [-0.15, -0.1) is 0 Å². The summed E-state index contributed by atoms with van der Waals surface area (Å²) in [6, 6.07) is 2.62. The quantitative estimate of drug-likeness (QED) is 0.886. The number of anilines is 1. The SMILES string of the molecule is CS(=O)(=O)c1cc(F)c(N2CCNCC2)cc1Br. The van der Waals surface area contributed by atoms with E-state index >= 15 is 0 Å². The summed E-state index contributed by atoms with van der Waals surface area (Å²) in [6.07, 6.45) is 1.07. The van der Waals surface area contributed by atoms with Crippen LogP contribution in [0.2, 0.25) is 0 Å². The second-order valence-corrected chi connectivity index (χ2v) is 7.08. The van der Waals surface area contributed by atoms with Gasteiger partial charge in [0, 0.05) is 36.9 Å². The molecule has 0 amide bonds. The summed E-state index contributed by atoms with van der Waals surface area (Å²) >= 11 is 3.20. The Hall–Kier alpha value is -0.660. The lowest BCUT2D eigenvalue weighted by Gasteiger charge is -2.30. The second kappa shape index (κ2) is 5.14. The summed E-state index contributed by atoms with van der Waals surface area (Å²) < 4.78 is 37.3. The van der Waals surface area contributed by atoms with E-state index < -0.39 is 15.7 Å². The van der Waals surface area contributed by atoms with E-state index in [1.807, 2.05) is 4.90 Å². The molecule has 18 heavy (non-hydrogen) atoms. The van der Waals surface area contributed by atoms with Crippen LogP contribution in [0.5, 0.6) is 0 Å². The first kappa shape index (κ1) is 13.8. The van der Waals surface area contributed by atoms with Crippen molar-refractivity contribution in [2.45, 2.75) is 4.90 Å². The van der Waals surface area contributed by atoms with Crippen LogP contribution in [0.25, 0.3) is 0 Å². The van der Waals surface area contributed by atoms with Crippen molar-refractivity contribution in [3.8, 4) is 0 Å². The number of piperazine rings is 1. The fraction of sp³-hybridized carbons (Fsp3) is 0.455. The van der Waals surface area contributed by atoms with Crippen LogP contribution in [0.4, 0.5) is 10.1 Å². The fourth-order valence-corrected chi connectivity index (χ4v) is 3.89. The average molecular weight is 337 g/mol. The maximum absolute atomic E-state index is 14.0. The summed E-state index contributed by atoms with van der Waals surface area (Å²) in [5.41, 5.74) is 0.441. The van der Waals surface area contributed by atoms with Gasteiger partial charge in [-0.1, -0.05) is 0 Å². The van der Waals surface area contributed by atoms with Gasteiger partial charge < -0.3 is 10.2 Å². The van der Waals surface area contributed by atoms with Crippen LogP contribution in [-0.4, -0.2) is 40.9 Å². The van der Waals surface area contributed by atoms with Gasteiger partial charge in [0.1, 0.15) is 5.82 Å². The first-order valence-corrected chi connectivity index (χ1v) is 8.23. The number of nitrogens with one attached hydrogen (secondary N) is 1. The molecule has 1 N–H and O–H groups in total. The molecule has 1 saturated heterocycles. The molecule has 0 aromatic heterocycles. The Balaban J connectivity index is 2.42. The third-order valence-corrected chi connectivity index (χ3v) is 4.91.